The number of thioether (sulfide) groups is 1. The second-order valence-corrected chi connectivity index (χ2v) is 7.45. The summed E-state index contributed by atoms with van der Waals surface area (Å²) in [7, 11) is 0. The van der Waals surface area contributed by atoms with E-state index in [2.05, 4.69) is 42.0 Å². The quantitative estimate of drug-likeness (QED) is 0.811. The molecule has 1 saturated carbocycles. The highest BCUT2D eigenvalue weighted by molar-refractivity contribution is 7.98. The normalized spacial score (nSPS) is 24.3. The Morgan fingerprint density at radius 3 is 2.87 bits per heavy atom. The van der Waals surface area contributed by atoms with Crippen molar-refractivity contribution in [1.29, 1.82) is 0 Å². The predicted molar refractivity (Wildman–Crippen MR) is 93.8 cm³/mol. The zero-order chi connectivity index (χ0) is 16.2. The van der Waals surface area contributed by atoms with Crippen LogP contribution in [0.5, 0.6) is 0 Å². The maximum atomic E-state index is 12.1. The van der Waals surface area contributed by atoms with Gasteiger partial charge in [-0.1, -0.05) is 12.1 Å². The SMILES string of the molecule is CSc1ccc(CNC(=O)N[C@@H]2CCO[C@@H](C3CC3)C2)cc1C. The lowest BCUT2D eigenvalue weighted by molar-refractivity contribution is -0.00914. The van der Waals surface area contributed by atoms with E-state index in [4.69, 9.17) is 4.74 Å². The van der Waals surface area contributed by atoms with Crippen LogP contribution in [0.2, 0.25) is 0 Å². The summed E-state index contributed by atoms with van der Waals surface area (Å²) in [4.78, 5) is 13.4. The molecule has 2 aliphatic rings. The van der Waals surface area contributed by atoms with E-state index in [9.17, 15) is 4.79 Å². The summed E-state index contributed by atoms with van der Waals surface area (Å²) < 4.78 is 5.80. The van der Waals surface area contributed by atoms with E-state index in [0.717, 1.165) is 30.9 Å². The third-order valence-electron chi connectivity index (χ3n) is 4.71. The largest absolute Gasteiger partial charge is 0.378 e. The number of nitrogens with one attached hydrogen (secondary N) is 2. The van der Waals surface area contributed by atoms with Gasteiger partial charge in [0.2, 0.25) is 0 Å². The van der Waals surface area contributed by atoms with Crippen molar-refractivity contribution in [2.45, 2.75) is 56.2 Å². The molecule has 4 nitrogen and oxygen atoms in total. The number of benzene rings is 1. The zero-order valence-electron chi connectivity index (χ0n) is 13.9. The minimum Gasteiger partial charge on any atom is -0.378 e. The van der Waals surface area contributed by atoms with Gasteiger partial charge in [-0.3, -0.25) is 0 Å². The monoisotopic (exact) mass is 334 g/mol. The third-order valence-corrected chi connectivity index (χ3v) is 5.61. The Morgan fingerprint density at radius 1 is 1.35 bits per heavy atom. The van der Waals surface area contributed by atoms with Gasteiger partial charge in [0.15, 0.2) is 0 Å². The summed E-state index contributed by atoms with van der Waals surface area (Å²) >= 11 is 1.75. The molecule has 3 rings (SSSR count). The van der Waals surface area contributed by atoms with E-state index in [0.29, 0.717) is 12.6 Å². The van der Waals surface area contributed by atoms with Crippen LogP contribution in [0.15, 0.2) is 23.1 Å². The van der Waals surface area contributed by atoms with Gasteiger partial charge in [-0.25, -0.2) is 4.79 Å². The van der Waals surface area contributed by atoms with Crippen LogP contribution in [0.25, 0.3) is 0 Å². The molecule has 1 aromatic rings. The van der Waals surface area contributed by atoms with Gasteiger partial charge in [-0.05, 0) is 62.0 Å². The first kappa shape index (κ1) is 16.7. The Hall–Kier alpha value is -1.20. The highest BCUT2D eigenvalue weighted by atomic mass is 32.2. The molecule has 5 heteroatoms. The second-order valence-electron chi connectivity index (χ2n) is 6.60. The molecule has 1 saturated heterocycles. The minimum absolute atomic E-state index is 0.0713. The summed E-state index contributed by atoms with van der Waals surface area (Å²) in [5, 5.41) is 6.08. The van der Waals surface area contributed by atoms with Gasteiger partial charge in [0.25, 0.3) is 0 Å². The molecule has 1 aromatic carbocycles. The van der Waals surface area contributed by atoms with Crippen molar-refractivity contribution in [1.82, 2.24) is 10.6 Å². The Balaban J connectivity index is 1.44. The third kappa shape index (κ3) is 4.64. The van der Waals surface area contributed by atoms with E-state index < -0.39 is 0 Å². The summed E-state index contributed by atoms with van der Waals surface area (Å²) in [6.07, 6.45) is 6.88. The number of rotatable bonds is 5. The molecule has 1 aliphatic heterocycles. The van der Waals surface area contributed by atoms with Crippen LogP contribution >= 0.6 is 11.8 Å². The molecule has 1 heterocycles. The number of amides is 2. The molecule has 2 N–H and O–H groups in total. The second kappa shape index (κ2) is 7.58. The van der Waals surface area contributed by atoms with Crippen LogP contribution in [0, 0.1) is 12.8 Å². The summed E-state index contributed by atoms with van der Waals surface area (Å²) in [6.45, 7) is 3.44. The lowest BCUT2D eigenvalue weighted by atomic mass is 10.0. The fourth-order valence-electron chi connectivity index (χ4n) is 3.22. The molecule has 2 amide bonds. The molecule has 0 bridgehead atoms. The zero-order valence-corrected chi connectivity index (χ0v) is 14.7. The predicted octanol–water partition coefficient (Wildman–Crippen LogP) is 3.47. The van der Waals surface area contributed by atoms with Crippen LogP contribution in [-0.4, -0.2) is 31.0 Å². The summed E-state index contributed by atoms with van der Waals surface area (Å²) in [5.41, 5.74) is 2.40. The maximum absolute atomic E-state index is 12.1. The highest BCUT2D eigenvalue weighted by Crippen LogP contribution is 2.38. The Labute approximate surface area is 142 Å². The van der Waals surface area contributed by atoms with Crippen molar-refractivity contribution in [2.75, 3.05) is 12.9 Å². The van der Waals surface area contributed by atoms with Crippen LogP contribution in [0.3, 0.4) is 0 Å². The lowest BCUT2D eigenvalue weighted by Crippen LogP contribution is -2.46. The van der Waals surface area contributed by atoms with Crippen molar-refractivity contribution >= 4 is 17.8 Å². The Morgan fingerprint density at radius 2 is 2.17 bits per heavy atom. The first-order chi connectivity index (χ1) is 11.2. The van der Waals surface area contributed by atoms with Gasteiger partial charge in [0, 0.05) is 24.1 Å². The van der Waals surface area contributed by atoms with E-state index in [1.807, 2.05) is 0 Å². The molecule has 2 fully saturated rings. The number of aryl methyl sites for hydroxylation is 1. The van der Waals surface area contributed by atoms with Gasteiger partial charge in [0.1, 0.15) is 0 Å². The van der Waals surface area contributed by atoms with E-state index in [1.165, 1.54) is 23.3 Å². The average molecular weight is 334 g/mol. The fourth-order valence-corrected chi connectivity index (χ4v) is 3.81. The van der Waals surface area contributed by atoms with Crippen LogP contribution in [0.4, 0.5) is 4.79 Å². The van der Waals surface area contributed by atoms with Gasteiger partial charge in [0.05, 0.1) is 6.10 Å². The molecule has 0 unspecified atom stereocenters. The van der Waals surface area contributed by atoms with E-state index >= 15 is 0 Å². The number of hydrogen-bond acceptors (Lipinski definition) is 3. The van der Waals surface area contributed by atoms with Crippen LogP contribution in [-0.2, 0) is 11.3 Å². The minimum atomic E-state index is -0.0713. The Kier molecular flexibility index (Phi) is 5.49. The van der Waals surface area contributed by atoms with Gasteiger partial charge in [-0.2, -0.15) is 0 Å². The topological polar surface area (TPSA) is 50.4 Å². The molecule has 23 heavy (non-hydrogen) atoms. The first-order valence-electron chi connectivity index (χ1n) is 8.45. The van der Waals surface area contributed by atoms with Crippen molar-refractivity contribution in [3.63, 3.8) is 0 Å². The molecule has 0 aromatic heterocycles. The molecular formula is C18H26N2O2S. The van der Waals surface area contributed by atoms with Gasteiger partial charge < -0.3 is 15.4 Å². The van der Waals surface area contributed by atoms with E-state index in [1.54, 1.807) is 11.8 Å². The number of carbonyl (C=O) groups excluding carboxylic acids is 1. The fraction of sp³-hybridized carbons (Fsp3) is 0.611. The molecule has 0 radical (unpaired) electrons. The molecular weight excluding hydrogens is 308 g/mol. The Bertz CT molecular complexity index is 560. The van der Waals surface area contributed by atoms with Crippen molar-refractivity contribution in [3.05, 3.63) is 29.3 Å². The standard InChI is InChI=1S/C18H26N2O2S/c1-12-9-13(3-6-17(12)23-2)11-19-18(21)20-15-7-8-22-16(10-15)14-4-5-14/h3,6,9,14-16H,4-5,7-8,10-11H2,1-2H3,(H2,19,20,21)/t15-,16-/m1/s1. The average Bonchev–Trinajstić information content (AvgIpc) is 3.38. The summed E-state index contributed by atoms with van der Waals surface area (Å²) in [6, 6.07) is 6.52. The van der Waals surface area contributed by atoms with Crippen molar-refractivity contribution in [2.24, 2.45) is 5.92 Å². The first-order valence-corrected chi connectivity index (χ1v) is 9.67. The molecule has 2 atom stereocenters. The number of carbonyl (C=O) groups is 1. The number of ether oxygens (including phenoxy) is 1. The van der Waals surface area contributed by atoms with Gasteiger partial charge >= 0.3 is 6.03 Å². The van der Waals surface area contributed by atoms with Crippen LogP contribution < -0.4 is 10.6 Å². The number of hydrogen-bond donors (Lipinski definition) is 2. The van der Waals surface area contributed by atoms with Crippen molar-refractivity contribution in [3.8, 4) is 0 Å². The molecule has 126 valence electrons. The molecule has 1 aliphatic carbocycles. The smallest absolute Gasteiger partial charge is 0.315 e. The number of urea groups is 1. The summed E-state index contributed by atoms with van der Waals surface area (Å²) in [5.74, 6) is 0.737. The van der Waals surface area contributed by atoms with Crippen LogP contribution in [0.1, 0.15) is 36.8 Å². The van der Waals surface area contributed by atoms with Crippen molar-refractivity contribution < 1.29 is 9.53 Å². The lowest BCUT2D eigenvalue weighted by Gasteiger charge is -2.30. The maximum Gasteiger partial charge on any atom is 0.315 e. The highest BCUT2D eigenvalue weighted by Gasteiger charge is 2.36. The van der Waals surface area contributed by atoms with E-state index in [-0.39, 0.29) is 12.1 Å². The molecule has 0 spiro atoms. The van der Waals surface area contributed by atoms with Gasteiger partial charge in [-0.15, -0.1) is 11.8 Å².